The SMILES string of the molecule is C[C@@H]1CN(C(=O)C[NH+]2CCN(S(=O)(=O)c3ccc4c(c3)CCC4)CC2)C[C@@H](C)O1. The molecule has 1 aromatic rings. The molecule has 2 atom stereocenters. The Kier molecular flexibility index (Phi) is 5.97. The number of morpholine rings is 1. The minimum atomic E-state index is -3.46. The van der Waals surface area contributed by atoms with Gasteiger partial charge < -0.3 is 14.5 Å². The minimum absolute atomic E-state index is 0.0620. The molecule has 8 heteroatoms. The van der Waals surface area contributed by atoms with Crippen LogP contribution in [0.5, 0.6) is 0 Å². The number of carbonyl (C=O) groups excluding carboxylic acids is 1. The molecular weight excluding hydrogens is 390 g/mol. The van der Waals surface area contributed by atoms with Gasteiger partial charge in [0.2, 0.25) is 10.0 Å². The fourth-order valence-electron chi connectivity index (χ4n) is 4.78. The molecule has 0 spiro atoms. The second-order valence-electron chi connectivity index (χ2n) is 8.67. The van der Waals surface area contributed by atoms with Crippen molar-refractivity contribution in [2.75, 3.05) is 45.8 Å². The number of nitrogens with zero attached hydrogens (tertiary/aromatic N) is 2. The van der Waals surface area contributed by atoms with E-state index in [2.05, 4.69) is 0 Å². The zero-order valence-corrected chi connectivity index (χ0v) is 18.2. The normalized spacial score (nSPS) is 26.5. The Hall–Kier alpha value is -1.48. The van der Waals surface area contributed by atoms with Gasteiger partial charge in [0.25, 0.3) is 5.91 Å². The van der Waals surface area contributed by atoms with Gasteiger partial charge in [-0.2, -0.15) is 4.31 Å². The van der Waals surface area contributed by atoms with Crippen molar-refractivity contribution in [3.05, 3.63) is 29.3 Å². The Morgan fingerprint density at radius 2 is 1.76 bits per heavy atom. The molecule has 0 unspecified atom stereocenters. The molecule has 1 aliphatic carbocycles. The first-order valence-electron chi connectivity index (χ1n) is 10.7. The number of fused-ring (bicyclic) bond motifs is 1. The van der Waals surface area contributed by atoms with E-state index >= 15 is 0 Å². The summed E-state index contributed by atoms with van der Waals surface area (Å²) in [7, 11) is -3.46. The van der Waals surface area contributed by atoms with Crippen LogP contribution in [0, 0.1) is 0 Å². The standard InChI is InChI=1S/C21H31N3O4S/c1-16-13-23(14-17(2)28-16)21(25)15-22-8-10-24(11-9-22)29(26,27)20-7-6-18-4-3-5-19(18)12-20/h6-7,12,16-17H,3-5,8-11,13-15H2,1-2H3/p+1/t16-,17-/m1/s1. The van der Waals surface area contributed by atoms with Gasteiger partial charge in [-0.15, -0.1) is 0 Å². The highest BCUT2D eigenvalue weighted by Gasteiger charge is 2.33. The van der Waals surface area contributed by atoms with Crippen LogP contribution < -0.4 is 4.90 Å². The topological polar surface area (TPSA) is 71.4 Å². The van der Waals surface area contributed by atoms with E-state index < -0.39 is 10.0 Å². The van der Waals surface area contributed by atoms with Crippen molar-refractivity contribution < 1.29 is 22.8 Å². The maximum absolute atomic E-state index is 13.1. The molecule has 2 aliphatic heterocycles. The van der Waals surface area contributed by atoms with Crippen molar-refractivity contribution in [3.63, 3.8) is 0 Å². The molecule has 4 rings (SSSR count). The van der Waals surface area contributed by atoms with E-state index in [0.717, 1.165) is 24.2 Å². The highest BCUT2D eigenvalue weighted by atomic mass is 32.2. The van der Waals surface area contributed by atoms with Gasteiger partial charge in [-0.25, -0.2) is 8.42 Å². The third kappa shape index (κ3) is 4.50. The maximum Gasteiger partial charge on any atom is 0.277 e. The summed E-state index contributed by atoms with van der Waals surface area (Å²) in [6, 6.07) is 5.59. The Morgan fingerprint density at radius 3 is 2.45 bits per heavy atom. The molecule has 1 amide bonds. The van der Waals surface area contributed by atoms with Gasteiger partial charge in [0.1, 0.15) is 0 Å². The van der Waals surface area contributed by atoms with Crippen molar-refractivity contribution in [2.45, 2.75) is 50.2 Å². The van der Waals surface area contributed by atoms with Crippen LogP contribution in [0.4, 0.5) is 0 Å². The van der Waals surface area contributed by atoms with Crippen molar-refractivity contribution in [1.29, 1.82) is 0 Å². The van der Waals surface area contributed by atoms with Crippen LogP contribution in [0.2, 0.25) is 0 Å². The molecule has 160 valence electrons. The molecule has 0 bridgehead atoms. The number of benzene rings is 1. The molecule has 2 saturated heterocycles. The average molecular weight is 423 g/mol. The Morgan fingerprint density at radius 1 is 1.10 bits per heavy atom. The van der Waals surface area contributed by atoms with Crippen molar-refractivity contribution in [3.8, 4) is 0 Å². The number of aryl methyl sites for hydroxylation is 2. The smallest absolute Gasteiger partial charge is 0.277 e. The highest BCUT2D eigenvalue weighted by molar-refractivity contribution is 7.89. The summed E-state index contributed by atoms with van der Waals surface area (Å²) in [5.41, 5.74) is 2.46. The third-order valence-corrected chi connectivity index (χ3v) is 8.21. The number of amides is 1. The van der Waals surface area contributed by atoms with Crippen molar-refractivity contribution >= 4 is 15.9 Å². The van der Waals surface area contributed by atoms with Crippen LogP contribution in [-0.2, 0) is 32.4 Å². The summed E-state index contributed by atoms with van der Waals surface area (Å²) in [4.78, 5) is 16.1. The lowest BCUT2D eigenvalue weighted by molar-refractivity contribution is -0.896. The van der Waals surface area contributed by atoms with Gasteiger partial charge in [0.05, 0.1) is 43.3 Å². The first-order chi connectivity index (χ1) is 13.8. The predicted molar refractivity (Wildman–Crippen MR) is 109 cm³/mol. The van der Waals surface area contributed by atoms with E-state index in [1.165, 1.54) is 11.1 Å². The summed E-state index contributed by atoms with van der Waals surface area (Å²) in [5, 5.41) is 0. The minimum Gasteiger partial charge on any atom is -0.372 e. The summed E-state index contributed by atoms with van der Waals surface area (Å²) >= 11 is 0. The van der Waals surface area contributed by atoms with Gasteiger partial charge in [-0.1, -0.05) is 6.07 Å². The molecule has 1 aromatic carbocycles. The quantitative estimate of drug-likeness (QED) is 0.723. The summed E-state index contributed by atoms with van der Waals surface area (Å²) in [6.07, 6.45) is 3.25. The number of rotatable bonds is 4. The predicted octanol–water partition coefficient (Wildman–Crippen LogP) is -0.300. The maximum atomic E-state index is 13.1. The molecule has 2 heterocycles. The van der Waals surface area contributed by atoms with Gasteiger partial charge in [0.15, 0.2) is 6.54 Å². The zero-order valence-electron chi connectivity index (χ0n) is 17.4. The van der Waals surface area contributed by atoms with Gasteiger partial charge >= 0.3 is 0 Å². The fraction of sp³-hybridized carbons (Fsp3) is 0.667. The lowest BCUT2D eigenvalue weighted by Crippen LogP contribution is -3.15. The number of hydrogen-bond donors (Lipinski definition) is 1. The molecule has 7 nitrogen and oxygen atoms in total. The molecule has 0 saturated carbocycles. The largest absolute Gasteiger partial charge is 0.372 e. The number of sulfonamides is 1. The summed E-state index contributed by atoms with van der Waals surface area (Å²) in [6.45, 7) is 7.90. The molecular formula is C21H32N3O4S+. The van der Waals surface area contributed by atoms with Crippen LogP contribution >= 0.6 is 0 Å². The monoisotopic (exact) mass is 422 g/mol. The van der Waals surface area contributed by atoms with Crippen LogP contribution in [0.25, 0.3) is 0 Å². The molecule has 0 radical (unpaired) electrons. The van der Waals surface area contributed by atoms with E-state index in [9.17, 15) is 13.2 Å². The third-order valence-electron chi connectivity index (χ3n) is 6.31. The van der Waals surface area contributed by atoms with E-state index in [1.54, 1.807) is 10.4 Å². The van der Waals surface area contributed by atoms with E-state index in [4.69, 9.17) is 4.74 Å². The number of nitrogens with one attached hydrogen (secondary N) is 1. The average Bonchev–Trinajstić information content (AvgIpc) is 3.15. The Labute approximate surface area is 173 Å². The Balaban J connectivity index is 1.33. The van der Waals surface area contributed by atoms with E-state index in [1.807, 2.05) is 30.9 Å². The summed E-state index contributed by atoms with van der Waals surface area (Å²) < 4.78 is 33.4. The molecule has 2 fully saturated rings. The van der Waals surface area contributed by atoms with Gasteiger partial charge in [-0.05, 0) is 56.4 Å². The zero-order chi connectivity index (χ0) is 20.6. The van der Waals surface area contributed by atoms with Crippen LogP contribution in [0.3, 0.4) is 0 Å². The lowest BCUT2D eigenvalue weighted by atomic mass is 10.1. The molecule has 3 aliphatic rings. The van der Waals surface area contributed by atoms with Crippen molar-refractivity contribution in [1.82, 2.24) is 9.21 Å². The van der Waals surface area contributed by atoms with Crippen LogP contribution in [-0.4, -0.2) is 81.6 Å². The number of quaternary nitrogens is 1. The van der Waals surface area contributed by atoms with Gasteiger partial charge in [-0.3, -0.25) is 4.79 Å². The summed E-state index contributed by atoms with van der Waals surface area (Å²) in [5.74, 6) is 0.136. The molecule has 29 heavy (non-hydrogen) atoms. The second kappa shape index (κ2) is 8.34. The highest BCUT2D eigenvalue weighted by Crippen LogP contribution is 2.26. The van der Waals surface area contributed by atoms with Crippen molar-refractivity contribution in [2.24, 2.45) is 0 Å². The second-order valence-corrected chi connectivity index (χ2v) is 10.6. The van der Waals surface area contributed by atoms with Crippen LogP contribution in [0.15, 0.2) is 23.1 Å². The number of hydrogen-bond acceptors (Lipinski definition) is 4. The van der Waals surface area contributed by atoms with Gasteiger partial charge in [0, 0.05) is 13.1 Å². The first-order valence-corrected chi connectivity index (χ1v) is 12.2. The number of ether oxygens (including phenoxy) is 1. The Bertz CT molecular complexity index is 855. The molecule has 0 aromatic heterocycles. The molecule has 1 N–H and O–H groups in total. The number of carbonyl (C=O) groups is 1. The van der Waals surface area contributed by atoms with E-state index in [-0.39, 0.29) is 18.1 Å². The number of piperazine rings is 1. The van der Waals surface area contributed by atoms with E-state index in [0.29, 0.717) is 50.7 Å². The van der Waals surface area contributed by atoms with Crippen LogP contribution in [0.1, 0.15) is 31.4 Å². The fourth-order valence-corrected chi connectivity index (χ4v) is 6.28. The lowest BCUT2D eigenvalue weighted by Gasteiger charge is -2.37. The first kappa shape index (κ1) is 20.8.